The van der Waals surface area contributed by atoms with Gasteiger partial charge in [0.05, 0.1) is 0 Å². The molecule has 11 heavy (non-hydrogen) atoms. The quantitative estimate of drug-likeness (QED) is 0.395. The predicted octanol–water partition coefficient (Wildman–Crippen LogP) is 2.68. The van der Waals surface area contributed by atoms with Crippen LogP contribution in [0.1, 0.15) is 0 Å². The first-order chi connectivity index (χ1) is 5.24. The average molecular weight is 206 g/mol. The number of hydrogen-bond donors (Lipinski definition) is 3. The minimum Gasteiger partial charge on any atom is -0.504 e. The van der Waals surface area contributed by atoms with Crippen molar-refractivity contribution in [3.63, 3.8) is 0 Å². The fourth-order valence-electron chi connectivity index (χ4n) is 0.598. The van der Waals surface area contributed by atoms with Crippen molar-refractivity contribution in [2.75, 3.05) is 0 Å². The van der Waals surface area contributed by atoms with E-state index in [4.69, 9.17) is 10.2 Å². The fourth-order valence-corrected chi connectivity index (χ4v) is 2.31. The molecule has 0 aliphatic rings. The summed E-state index contributed by atoms with van der Waals surface area (Å²) in [6.07, 6.45) is 0. The molecular formula is C6H6O2S3. The number of benzene rings is 1. The van der Waals surface area contributed by atoms with Gasteiger partial charge in [-0.25, -0.2) is 0 Å². The van der Waals surface area contributed by atoms with Crippen molar-refractivity contribution in [3.8, 4) is 11.5 Å². The Balaban J connectivity index is 2.86. The Bertz CT molecular complexity index is 252. The van der Waals surface area contributed by atoms with Crippen LogP contribution in [0.25, 0.3) is 0 Å². The van der Waals surface area contributed by atoms with Gasteiger partial charge in [0.2, 0.25) is 0 Å². The van der Waals surface area contributed by atoms with Gasteiger partial charge in [0, 0.05) is 4.90 Å². The van der Waals surface area contributed by atoms with Gasteiger partial charge in [-0.15, -0.1) is 0 Å². The highest BCUT2D eigenvalue weighted by atomic mass is 33.5. The molecule has 0 saturated carbocycles. The molecule has 0 amide bonds. The van der Waals surface area contributed by atoms with E-state index in [1.165, 1.54) is 32.8 Å². The number of rotatable bonds is 2. The maximum atomic E-state index is 9.03. The van der Waals surface area contributed by atoms with Crippen LogP contribution < -0.4 is 0 Å². The van der Waals surface area contributed by atoms with Crippen LogP contribution in [0.4, 0.5) is 0 Å². The summed E-state index contributed by atoms with van der Waals surface area (Å²) in [4.78, 5) is 0.861. The van der Waals surface area contributed by atoms with Crippen molar-refractivity contribution in [3.05, 3.63) is 18.2 Å². The van der Waals surface area contributed by atoms with Crippen molar-refractivity contribution in [2.24, 2.45) is 0 Å². The highest BCUT2D eigenvalue weighted by Gasteiger charge is 1.99. The SMILES string of the molecule is Oc1ccc(SSS)cc1O. The molecule has 1 rings (SSSR count). The van der Waals surface area contributed by atoms with E-state index in [1.807, 2.05) is 0 Å². The highest BCUT2D eigenvalue weighted by Crippen LogP contribution is 2.37. The van der Waals surface area contributed by atoms with Crippen LogP contribution in [0.3, 0.4) is 0 Å². The first-order valence-electron chi connectivity index (χ1n) is 2.74. The molecule has 0 saturated heterocycles. The maximum absolute atomic E-state index is 9.03. The van der Waals surface area contributed by atoms with Gasteiger partial charge in [0.15, 0.2) is 11.5 Å². The second-order valence-corrected chi connectivity index (χ2v) is 4.88. The van der Waals surface area contributed by atoms with Crippen molar-refractivity contribution >= 4 is 32.3 Å². The molecule has 0 fully saturated rings. The molecule has 0 atom stereocenters. The Labute approximate surface area is 77.2 Å². The molecule has 5 heteroatoms. The van der Waals surface area contributed by atoms with Gasteiger partial charge >= 0.3 is 0 Å². The molecule has 0 heterocycles. The lowest BCUT2D eigenvalue weighted by Crippen LogP contribution is -1.69. The minimum atomic E-state index is -0.0996. The van der Waals surface area contributed by atoms with E-state index in [2.05, 4.69) is 11.7 Å². The zero-order valence-electron chi connectivity index (χ0n) is 5.39. The molecule has 0 spiro atoms. The van der Waals surface area contributed by atoms with Crippen molar-refractivity contribution < 1.29 is 10.2 Å². The number of aromatic hydroxyl groups is 2. The highest BCUT2D eigenvalue weighted by molar-refractivity contribution is 9.05. The van der Waals surface area contributed by atoms with Crippen LogP contribution in [-0.4, -0.2) is 10.2 Å². The second-order valence-electron chi connectivity index (χ2n) is 1.81. The summed E-state index contributed by atoms with van der Waals surface area (Å²) >= 11 is 3.93. The van der Waals surface area contributed by atoms with Gasteiger partial charge in [0.1, 0.15) is 0 Å². The third-order valence-electron chi connectivity index (χ3n) is 1.08. The smallest absolute Gasteiger partial charge is 0.158 e. The van der Waals surface area contributed by atoms with E-state index in [9.17, 15) is 0 Å². The monoisotopic (exact) mass is 206 g/mol. The number of phenolic OH excluding ortho intramolecular Hbond substituents is 2. The minimum absolute atomic E-state index is 0.0986. The van der Waals surface area contributed by atoms with Gasteiger partial charge in [-0.05, 0) is 38.8 Å². The van der Waals surface area contributed by atoms with Crippen LogP contribution in [0, 0.1) is 0 Å². The fraction of sp³-hybridized carbons (Fsp3) is 0. The van der Waals surface area contributed by atoms with Crippen molar-refractivity contribution in [1.29, 1.82) is 0 Å². The number of thiol groups is 1. The first kappa shape index (κ1) is 8.96. The summed E-state index contributed by atoms with van der Waals surface area (Å²) < 4.78 is 0. The molecule has 0 aliphatic heterocycles. The lowest BCUT2D eigenvalue weighted by atomic mass is 10.3. The van der Waals surface area contributed by atoms with Gasteiger partial charge in [0.25, 0.3) is 0 Å². The van der Waals surface area contributed by atoms with Gasteiger partial charge in [-0.1, -0.05) is 11.7 Å². The topological polar surface area (TPSA) is 40.5 Å². The molecule has 0 bridgehead atoms. The second kappa shape index (κ2) is 4.04. The van der Waals surface area contributed by atoms with E-state index in [-0.39, 0.29) is 11.5 Å². The molecule has 0 unspecified atom stereocenters. The Morgan fingerprint density at radius 1 is 1.18 bits per heavy atom. The molecule has 60 valence electrons. The van der Waals surface area contributed by atoms with Crippen LogP contribution in [-0.2, 0) is 0 Å². The standard InChI is InChI=1S/C6H6O2S3/c7-5-2-1-4(10-11-9)3-6(5)8/h1-3,7-9H. The molecule has 1 aromatic carbocycles. The molecule has 0 radical (unpaired) electrons. The molecule has 0 aromatic heterocycles. The Morgan fingerprint density at radius 3 is 2.45 bits per heavy atom. The number of hydrogen-bond acceptors (Lipinski definition) is 5. The lowest BCUT2D eigenvalue weighted by Gasteiger charge is -1.99. The Hall–Kier alpha value is -0.130. The van der Waals surface area contributed by atoms with Crippen molar-refractivity contribution in [1.82, 2.24) is 0 Å². The summed E-state index contributed by atoms with van der Waals surface area (Å²) in [5.74, 6) is -0.198. The van der Waals surface area contributed by atoms with Gasteiger partial charge in [-0.2, -0.15) is 0 Å². The predicted molar refractivity (Wildman–Crippen MR) is 52.2 cm³/mol. The third kappa shape index (κ3) is 2.43. The van der Waals surface area contributed by atoms with Crippen LogP contribution in [0.5, 0.6) is 11.5 Å². The van der Waals surface area contributed by atoms with E-state index in [1.54, 1.807) is 6.07 Å². The van der Waals surface area contributed by atoms with E-state index < -0.39 is 0 Å². The third-order valence-corrected chi connectivity index (χ3v) is 3.07. The van der Waals surface area contributed by atoms with Crippen LogP contribution >= 0.6 is 32.3 Å². The zero-order chi connectivity index (χ0) is 8.27. The maximum Gasteiger partial charge on any atom is 0.158 e. The first-order valence-corrected chi connectivity index (χ1v) is 5.94. The summed E-state index contributed by atoms with van der Waals surface area (Å²) in [7, 11) is 2.70. The van der Waals surface area contributed by atoms with Crippen molar-refractivity contribution in [2.45, 2.75) is 4.90 Å². The molecule has 1 aromatic rings. The van der Waals surface area contributed by atoms with Crippen LogP contribution in [0.2, 0.25) is 0 Å². The van der Waals surface area contributed by atoms with Gasteiger partial charge in [-0.3, -0.25) is 0 Å². The largest absolute Gasteiger partial charge is 0.504 e. The Morgan fingerprint density at radius 2 is 1.91 bits per heavy atom. The molecular weight excluding hydrogens is 200 g/mol. The number of phenols is 2. The molecule has 2 nitrogen and oxygen atoms in total. The molecule has 0 aliphatic carbocycles. The summed E-state index contributed by atoms with van der Waals surface area (Å²) in [6.45, 7) is 0. The summed E-state index contributed by atoms with van der Waals surface area (Å²) in [5, 5.41) is 18.0. The summed E-state index contributed by atoms with van der Waals surface area (Å²) in [6, 6.07) is 4.65. The lowest BCUT2D eigenvalue weighted by molar-refractivity contribution is 0.402. The molecule has 2 N–H and O–H groups in total. The summed E-state index contributed by atoms with van der Waals surface area (Å²) in [5.41, 5.74) is 0. The Kier molecular flexibility index (Phi) is 3.29. The van der Waals surface area contributed by atoms with E-state index >= 15 is 0 Å². The zero-order valence-corrected chi connectivity index (χ0v) is 7.92. The van der Waals surface area contributed by atoms with E-state index in [0.717, 1.165) is 4.90 Å². The average Bonchev–Trinajstić information content (AvgIpc) is 1.98. The van der Waals surface area contributed by atoms with Crippen LogP contribution in [0.15, 0.2) is 23.1 Å². The van der Waals surface area contributed by atoms with E-state index in [0.29, 0.717) is 0 Å². The normalized spacial score (nSPS) is 9.91. The van der Waals surface area contributed by atoms with Gasteiger partial charge < -0.3 is 10.2 Å².